The van der Waals surface area contributed by atoms with Crippen LogP contribution in [0.3, 0.4) is 0 Å². The summed E-state index contributed by atoms with van der Waals surface area (Å²) in [6.07, 6.45) is 3.16. The van der Waals surface area contributed by atoms with Crippen molar-refractivity contribution < 1.29 is 9.84 Å². The Kier molecular flexibility index (Phi) is 5.15. The topological polar surface area (TPSA) is 59.3 Å². The first-order chi connectivity index (χ1) is 9.69. The van der Waals surface area contributed by atoms with Crippen molar-refractivity contribution in [3.8, 4) is 5.75 Å². The van der Waals surface area contributed by atoms with Gasteiger partial charge in [0.15, 0.2) is 0 Å². The molecule has 2 aromatic rings. The zero-order valence-electron chi connectivity index (χ0n) is 11.9. The van der Waals surface area contributed by atoms with E-state index in [1.165, 1.54) is 0 Å². The molecule has 108 valence electrons. The largest absolute Gasteiger partial charge is 0.497 e. The highest BCUT2D eigenvalue weighted by atomic mass is 16.5. The third-order valence-corrected chi connectivity index (χ3v) is 3.18. The van der Waals surface area contributed by atoms with E-state index in [0.29, 0.717) is 6.54 Å². The fraction of sp³-hybridized carbons (Fsp3) is 0.400. The van der Waals surface area contributed by atoms with Crippen molar-refractivity contribution in [2.75, 3.05) is 13.7 Å². The Balaban J connectivity index is 1.80. The van der Waals surface area contributed by atoms with Crippen molar-refractivity contribution >= 4 is 0 Å². The Labute approximate surface area is 119 Å². The summed E-state index contributed by atoms with van der Waals surface area (Å²) in [5.74, 6) is 0.793. The first-order valence-corrected chi connectivity index (χ1v) is 6.72. The molecule has 0 spiro atoms. The molecule has 5 heteroatoms. The molecule has 1 aromatic carbocycles. The average molecular weight is 275 g/mol. The molecule has 0 fully saturated rings. The van der Waals surface area contributed by atoms with Crippen LogP contribution in [-0.4, -0.2) is 34.6 Å². The summed E-state index contributed by atoms with van der Waals surface area (Å²) in [5.41, 5.74) is 0.879. The van der Waals surface area contributed by atoms with Crippen molar-refractivity contribution in [3.63, 3.8) is 0 Å². The van der Waals surface area contributed by atoms with Gasteiger partial charge < -0.3 is 15.2 Å². The van der Waals surface area contributed by atoms with E-state index >= 15 is 0 Å². The van der Waals surface area contributed by atoms with Gasteiger partial charge in [-0.05, 0) is 30.7 Å². The van der Waals surface area contributed by atoms with Crippen LogP contribution < -0.4 is 10.1 Å². The number of ether oxygens (including phenoxy) is 1. The van der Waals surface area contributed by atoms with Crippen LogP contribution in [-0.2, 0) is 6.54 Å². The van der Waals surface area contributed by atoms with Crippen LogP contribution in [0, 0.1) is 0 Å². The van der Waals surface area contributed by atoms with Gasteiger partial charge in [-0.3, -0.25) is 4.68 Å². The minimum Gasteiger partial charge on any atom is -0.497 e. The predicted molar refractivity (Wildman–Crippen MR) is 77.6 cm³/mol. The summed E-state index contributed by atoms with van der Waals surface area (Å²) >= 11 is 0. The summed E-state index contributed by atoms with van der Waals surface area (Å²) in [6, 6.07) is 9.60. The van der Waals surface area contributed by atoms with Gasteiger partial charge in [0.2, 0.25) is 0 Å². The quantitative estimate of drug-likeness (QED) is 0.806. The SMILES string of the molecule is COc1ccc(C(O)CNC(C)Cn2cccn2)cc1. The number of nitrogens with one attached hydrogen (secondary N) is 1. The molecule has 2 unspecified atom stereocenters. The molecule has 20 heavy (non-hydrogen) atoms. The van der Waals surface area contributed by atoms with Crippen molar-refractivity contribution in [1.82, 2.24) is 15.1 Å². The molecule has 0 aliphatic carbocycles. The van der Waals surface area contributed by atoms with Crippen LogP contribution in [0.5, 0.6) is 5.75 Å². The van der Waals surface area contributed by atoms with E-state index < -0.39 is 6.10 Å². The van der Waals surface area contributed by atoms with Gasteiger partial charge in [-0.15, -0.1) is 0 Å². The highest BCUT2D eigenvalue weighted by molar-refractivity contribution is 5.28. The minimum atomic E-state index is -0.527. The van der Waals surface area contributed by atoms with Gasteiger partial charge in [-0.2, -0.15) is 5.10 Å². The van der Waals surface area contributed by atoms with E-state index in [2.05, 4.69) is 17.3 Å². The maximum atomic E-state index is 10.1. The molecular formula is C15H21N3O2. The van der Waals surface area contributed by atoms with Gasteiger partial charge in [0.25, 0.3) is 0 Å². The van der Waals surface area contributed by atoms with Crippen LogP contribution >= 0.6 is 0 Å². The van der Waals surface area contributed by atoms with E-state index in [1.54, 1.807) is 13.3 Å². The van der Waals surface area contributed by atoms with E-state index in [4.69, 9.17) is 4.74 Å². The van der Waals surface area contributed by atoms with Crippen LogP contribution in [0.1, 0.15) is 18.6 Å². The molecule has 0 saturated carbocycles. The van der Waals surface area contributed by atoms with E-state index in [0.717, 1.165) is 17.9 Å². The number of methoxy groups -OCH3 is 1. The molecule has 0 aliphatic rings. The predicted octanol–water partition coefficient (Wildman–Crippen LogP) is 1.60. The Morgan fingerprint density at radius 1 is 1.35 bits per heavy atom. The molecule has 0 aliphatic heterocycles. The summed E-state index contributed by atoms with van der Waals surface area (Å²) < 4.78 is 6.97. The maximum absolute atomic E-state index is 10.1. The normalized spacial score (nSPS) is 13.9. The summed E-state index contributed by atoms with van der Waals surface area (Å²) in [4.78, 5) is 0. The van der Waals surface area contributed by atoms with E-state index in [-0.39, 0.29) is 6.04 Å². The second-order valence-corrected chi connectivity index (χ2v) is 4.83. The molecule has 2 rings (SSSR count). The monoisotopic (exact) mass is 275 g/mol. The minimum absolute atomic E-state index is 0.239. The number of aromatic nitrogens is 2. The third kappa shape index (κ3) is 4.08. The smallest absolute Gasteiger partial charge is 0.118 e. The van der Waals surface area contributed by atoms with Crippen molar-refractivity contribution in [2.45, 2.75) is 25.6 Å². The molecule has 0 amide bonds. The summed E-state index contributed by atoms with van der Waals surface area (Å²) in [6.45, 7) is 3.36. The van der Waals surface area contributed by atoms with Gasteiger partial charge in [-0.25, -0.2) is 0 Å². The van der Waals surface area contributed by atoms with Gasteiger partial charge >= 0.3 is 0 Å². The van der Waals surface area contributed by atoms with Crippen molar-refractivity contribution in [2.24, 2.45) is 0 Å². The molecule has 1 aromatic heterocycles. The third-order valence-electron chi connectivity index (χ3n) is 3.18. The number of aliphatic hydroxyl groups is 1. The second-order valence-electron chi connectivity index (χ2n) is 4.83. The van der Waals surface area contributed by atoms with Gasteiger partial charge in [0.05, 0.1) is 19.8 Å². The molecule has 0 saturated heterocycles. The van der Waals surface area contributed by atoms with Gasteiger partial charge in [0.1, 0.15) is 5.75 Å². The van der Waals surface area contributed by atoms with Gasteiger partial charge in [0, 0.05) is 25.0 Å². The van der Waals surface area contributed by atoms with Crippen LogP contribution in [0.2, 0.25) is 0 Å². The fourth-order valence-electron chi connectivity index (χ4n) is 2.01. The Morgan fingerprint density at radius 2 is 2.10 bits per heavy atom. The average Bonchev–Trinajstić information content (AvgIpc) is 2.97. The maximum Gasteiger partial charge on any atom is 0.118 e. The van der Waals surface area contributed by atoms with Crippen molar-refractivity contribution in [1.29, 1.82) is 0 Å². The molecule has 5 nitrogen and oxygen atoms in total. The number of rotatable bonds is 7. The number of nitrogens with zero attached hydrogens (tertiary/aromatic N) is 2. The lowest BCUT2D eigenvalue weighted by molar-refractivity contribution is 0.169. The molecular weight excluding hydrogens is 254 g/mol. The second kappa shape index (κ2) is 7.07. The number of hydrogen-bond acceptors (Lipinski definition) is 4. The Morgan fingerprint density at radius 3 is 2.70 bits per heavy atom. The van der Waals surface area contributed by atoms with Gasteiger partial charge in [-0.1, -0.05) is 12.1 Å². The Hall–Kier alpha value is -1.85. The zero-order chi connectivity index (χ0) is 14.4. The molecule has 2 N–H and O–H groups in total. The van der Waals surface area contributed by atoms with E-state index in [1.807, 2.05) is 41.2 Å². The lowest BCUT2D eigenvalue weighted by Crippen LogP contribution is -2.33. The number of benzene rings is 1. The molecule has 1 heterocycles. The number of hydrogen-bond donors (Lipinski definition) is 2. The van der Waals surface area contributed by atoms with Crippen LogP contribution in [0.25, 0.3) is 0 Å². The first kappa shape index (κ1) is 14.6. The van der Waals surface area contributed by atoms with Crippen LogP contribution in [0.15, 0.2) is 42.7 Å². The van der Waals surface area contributed by atoms with E-state index in [9.17, 15) is 5.11 Å². The standard InChI is InChI=1S/C15H21N3O2/c1-12(11-18-9-3-8-17-18)16-10-15(19)13-4-6-14(20-2)7-5-13/h3-9,12,15-16,19H,10-11H2,1-2H3. The summed E-state index contributed by atoms with van der Waals surface area (Å²) in [7, 11) is 1.63. The van der Waals surface area contributed by atoms with Crippen LogP contribution in [0.4, 0.5) is 0 Å². The lowest BCUT2D eigenvalue weighted by Gasteiger charge is -2.17. The first-order valence-electron chi connectivity index (χ1n) is 6.72. The molecule has 0 bridgehead atoms. The molecule has 2 atom stereocenters. The Bertz CT molecular complexity index is 496. The number of aliphatic hydroxyl groups excluding tert-OH is 1. The fourth-order valence-corrected chi connectivity index (χ4v) is 2.01. The highest BCUT2D eigenvalue weighted by Crippen LogP contribution is 2.17. The molecule has 0 radical (unpaired) electrons. The highest BCUT2D eigenvalue weighted by Gasteiger charge is 2.10. The lowest BCUT2D eigenvalue weighted by atomic mass is 10.1. The van der Waals surface area contributed by atoms with Crippen molar-refractivity contribution in [3.05, 3.63) is 48.3 Å². The zero-order valence-corrected chi connectivity index (χ0v) is 11.9. The summed E-state index contributed by atoms with van der Waals surface area (Å²) in [5, 5.41) is 17.6.